The van der Waals surface area contributed by atoms with Crippen molar-refractivity contribution >= 4 is 5.91 Å². The highest BCUT2D eigenvalue weighted by atomic mass is 19.2. The third kappa shape index (κ3) is 2.82. The number of benzene rings is 1. The van der Waals surface area contributed by atoms with Crippen LogP contribution in [0.15, 0.2) is 18.2 Å². The molecule has 1 aromatic carbocycles. The van der Waals surface area contributed by atoms with Gasteiger partial charge in [-0.05, 0) is 43.0 Å². The van der Waals surface area contributed by atoms with Crippen molar-refractivity contribution in [1.82, 2.24) is 4.90 Å². The summed E-state index contributed by atoms with van der Waals surface area (Å²) in [7, 11) is 0. The smallest absolute Gasteiger partial charge is 0.229 e. The van der Waals surface area contributed by atoms with E-state index in [-0.39, 0.29) is 11.3 Å². The molecule has 0 aliphatic carbocycles. The van der Waals surface area contributed by atoms with Crippen molar-refractivity contribution in [3.05, 3.63) is 35.4 Å². The summed E-state index contributed by atoms with van der Waals surface area (Å²) in [4.78, 5) is 14.2. The number of carbonyl (C=O) groups is 1. The summed E-state index contributed by atoms with van der Waals surface area (Å²) < 4.78 is 26.2. The van der Waals surface area contributed by atoms with Gasteiger partial charge in [0.1, 0.15) is 0 Å². The number of hydrogen-bond donors (Lipinski definition) is 1. The van der Waals surface area contributed by atoms with Crippen LogP contribution in [0.1, 0.15) is 31.7 Å². The number of carbonyl (C=O) groups excluding carboxylic acids is 1. The van der Waals surface area contributed by atoms with Crippen molar-refractivity contribution in [2.75, 3.05) is 19.6 Å². The third-order valence-corrected chi connectivity index (χ3v) is 4.18. The molecule has 2 rings (SSSR count). The largest absolute Gasteiger partial charge is 0.342 e. The van der Waals surface area contributed by atoms with Crippen LogP contribution < -0.4 is 5.73 Å². The molecule has 1 aromatic rings. The zero-order chi connectivity index (χ0) is 14.9. The van der Waals surface area contributed by atoms with Gasteiger partial charge in [0.25, 0.3) is 0 Å². The van der Waals surface area contributed by atoms with E-state index in [1.165, 1.54) is 6.07 Å². The fourth-order valence-corrected chi connectivity index (χ4v) is 2.58. The maximum Gasteiger partial charge on any atom is 0.229 e. The fraction of sp³-hybridized carbons (Fsp3) is 0.533. The van der Waals surface area contributed by atoms with Gasteiger partial charge in [0.05, 0.1) is 5.92 Å². The molecule has 0 aromatic heterocycles. The Hall–Kier alpha value is -1.49. The molecule has 1 aliphatic heterocycles. The van der Waals surface area contributed by atoms with Crippen LogP contribution in [0.3, 0.4) is 0 Å². The van der Waals surface area contributed by atoms with Crippen molar-refractivity contribution < 1.29 is 13.6 Å². The van der Waals surface area contributed by atoms with E-state index in [0.29, 0.717) is 25.2 Å². The maximum absolute atomic E-state index is 13.2. The lowest BCUT2D eigenvalue weighted by molar-refractivity contribution is -0.131. The first-order chi connectivity index (χ1) is 9.36. The van der Waals surface area contributed by atoms with E-state index in [4.69, 9.17) is 5.73 Å². The normalized spacial score (nSPS) is 23.9. The van der Waals surface area contributed by atoms with Crippen molar-refractivity contribution in [2.24, 2.45) is 11.1 Å². The van der Waals surface area contributed by atoms with Gasteiger partial charge in [-0.25, -0.2) is 8.78 Å². The van der Waals surface area contributed by atoms with Crippen molar-refractivity contribution in [2.45, 2.75) is 26.2 Å². The Bertz CT molecular complexity index is 521. The second-order valence-corrected chi connectivity index (χ2v) is 5.92. The van der Waals surface area contributed by atoms with E-state index in [1.807, 2.05) is 0 Å². The molecular weight excluding hydrogens is 262 g/mol. The highest BCUT2D eigenvalue weighted by molar-refractivity contribution is 5.83. The van der Waals surface area contributed by atoms with E-state index < -0.39 is 17.6 Å². The van der Waals surface area contributed by atoms with Crippen molar-refractivity contribution in [3.63, 3.8) is 0 Å². The Morgan fingerprint density at radius 2 is 2.15 bits per heavy atom. The van der Waals surface area contributed by atoms with Crippen LogP contribution in [-0.2, 0) is 4.79 Å². The molecule has 2 atom stereocenters. The number of amides is 1. The SMILES string of the molecule is CC(C(=O)N1CCC(C)(CN)C1)c1ccc(F)c(F)c1. The summed E-state index contributed by atoms with van der Waals surface area (Å²) in [6.07, 6.45) is 0.875. The summed E-state index contributed by atoms with van der Waals surface area (Å²) in [5, 5.41) is 0. The lowest BCUT2D eigenvalue weighted by atomic mass is 9.90. The van der Waals surface area contributed by atoms with Crippen LogP contribution in [-0.4, -0.2) is 30.4 Å². The third-order valence-electron chi connectivity index (χ3n) is 4.18. The summed E-state index contributed by atoms with van der Waals surface area (Å²) >= 11 is 0. The Labute approximate surface area is 117 Å². The van der Waals surface area contributed by atoms with Gasteiger partial charge in [0.15, 0.2) is 11.6 Å². The first kappa shape index (κ1) is 14.9. The first-order valence-electron chi connectivity index (χ1n) is 6.80. The average molecular weight is 282 g/mol. The lowest BCUT2D eigenvalue weighted by Crippen LogP contribution is -2.36. The summed E-state index contributed by atoms with van der Waals surface area (Å²) in [6.45, 7) is 5.60. The Morgan fingerprint density at radius 1 is 1.45 bits per heavy atom. The van der Waals surface area contributed by atoms with Crippen LogP contribution in [0, 0.1) is 17.0 Å². The van der Waals surface area contributed by atoms with Gasteiger partial charge in [0, 0.05) is 13.1 Å². The van der Waals surface area contributed by atoms with E-state index >= 15 is 0 Å². The minimum absolute atomic E-state index is 0.0383. The number of halogens is 2. The van der Waals surface area contributed by atoms with Gasteiger partial charge >= 0.3 is 0 Å². The molecular formula is C15H20F2N2O. The quantitative estimate of drug-likeness (QED) is 0.924. The second kappa shape index (κ2) is 5.48. The molecule has 0 bridgehead atoms. The molecule has 0 saturated carbocycles. The Kier molecular flexibility index (Phi) is 4.09. The van der Waals surface area contributed by atoms with Crippen LogP contribution in [0.4, 0.5) is 8.78 Å². The van der Waals surface area contributed by atoms with Gasteiger partial charge < -0.3 is 10.6 Å². The number of hydrogen-bond acceptors (Lipinski definition) is 2. The molecule has 0 spiro atoms. The highest BCUT2D eigenvalue weighted by Crippen LogP contribution is 2.31. The van der Waals surface area contributed by atoms with Crippen LogP contribution in [0.2, 0.25) is 0 Å². The van der Waals surface area contributed by atoms with E-state index in [1.54, 1.807) is 11.8 Å². The number of rotatable bonds is 3. The van der Waals surface area contributed by atoms with Crippen LogP contribution in [0.5, 0.6) is 0 Å². The molecule has 2 unspecified atom stereocenters. The van der Waals surface area contributed by atoms with Gasteiger partial charge in [0.2, 0.25) is 5.91 Å². The van der Waals surface area contributed by atoms with Crippen molar-refractivity contribution in [3.8, 4) is 0 Å². The number of nitrogens with zero attached hydrogens (tertiary/aromatic N) is 1. The molecule has 110 valence electrons. The topological polar surface area (TPSA) is 46.3 Å². The van der Waals surface area contributed by atoms with E-state index in [2.05, 4.69) is 6.92 Å². The van der Waals surface area contributed by atoms with Crippen LogP contribution >= 0.6 is 0 Å². The minimum atomic E-state index is -0.921. The number of likely N-dealkylation sites (tertiary alicyclic amines) is 1. The van der Waals surface area contributed by atoms with E-state index in [9.17, 15) is 13.6 Å². The zero-order valence-corrected chi connectivity index (χ0v) is 11.8. The zero-order valence-electron chi connectivity index (χ0n) is 11.8. The number of nitrogens with two attached hydrogens (primary N) is 1. The molecule has 1 amide bonds. The highest BCUT2D eigenvalue weighted by Gasteiger charge is 2.36. The summed E-state index contributed by atoms with van der Waals surface area (Å²) in [5.41, 5.74) is 6.18. The predicted octanol–water partition coefficient (Wildman–Crippen LogP) is 2.27. The average Bonchev–Trinajstić information content (AvgIpc) is 2.83. The van der Waals surface area contributed by atoms with Crippen molar-refractivity contribution in [1.29, 1.82) is 0 Å². The Balaban J connectivity index is 2.11. The summed E-state index contributed by atoms with van der Waals surface area (Å²) in [6, 6.07) is 3.61. The maximum atomic E-state index is 13.2. The van der Waals surface area contributed by atoms with Gasteiger partial charge in [-0.1, -0.05) is 13.0 Å². The molecule has 3 nitrogen and oxygen atoms in total. The molecule has 1 heterocycles. The van der Waals surface area contributed by atoms with Crippen LogP contribution in [0.25, 0.3) is 0 Å². The monoisotopic (exact) mass is 282 g/mol. The molecule has 1 fully saturated rings. The predicted molar refractivity (Wildman–Crippen MR) is 73.1 cm³/mol. The molecule has 20 heavy (non-hydrogen) atoms. The molecule has 1 aliphatic rings. The fourth-order valence-electron chi connectivity index (χ4n) is 2.58. The molecule has 5 heteroatoms. The minimum Gasteiger partial charge on any atom is -0.342 e. The standard InChI is InChI=1S/C15H20F2N2O/c1-10(11-3-4-12(16)13(17)7-11)14(20)19-6-5-15(2,8-18)9-19/h3-4,7,10H,5-6,8-9,18H2,1-2H3. The molecule has 0 radical (unpaired) electrons. The molecule has 2 N–H and O–H groups in total. The lowest BCUT2D eigenvalue weighted by Gasteiger charge is -2.25. The second-order valence-electron chi connectivity index (χ2n) is 5.92. The van der Waals surface area contributed by atoms with Gasteiger partial charge in [-0.15, -0.1) is 0 Å². The first-order valence-corrected chi connectivity index (χ1v) is 6.80. The molecule has 1 saturated heterocycles. The van der Waals surface area contributed by atoms with Gasteiger partial charge in [-0.2, -0.15) is 0 Å². The van der Waals surface area contributed by atoms with E-state index in [0.717, 1.165) is 18.6 Å². The summed E-state index contributed by atoms with van der Waals surface area (Å²) in [5.74, 6) is -2.36. The Morgan fingerprint density at radius 3 is 2.70 bits per heavy atom. The van der Waals surface area contributed by atoms with Gasteiger partial charge in [-0.3, -0.25) is 4.79 Å².